The van der Waals surface area contributed by atoms with Gasteiger partial charge in [0.15, 0.2) is 11.5 Å². The Balaban J connectivity index is 2.92. The van der Waals surface area contributed by atoms with E-state index in [1.165, 1.54) is 0 Å². The molecule has 0 aliphatic carbocycles. The molecule has 0 heterocycles. The number of ether oxygens (including phenoxy) is 2. The molecule has 3 heteroatoms. The second kappa shape index (κ2) is 5.04. The number of carbonyl (C=O) groups is 1. The van der Waals surface area contributed by atoms with Crippen LogP contribution in [0.3, 0.4) is 0 Å². The Kier molecular flexibility index (Phi) is 3.94. The molecule has 0 N–H and O–H groups in total. The standard InChI is InChI=1S/C14H18O3/c1-10(2)13(15)16-11-8-6-7-9-12(11)17-14(3,4)5/h6-9H,1H2,2-5H3. The fraction of sp³-hybridized carbons (Fsp3) is 0.357. The predicted molar refractivity (Wildman–Crippen MR) is 67.3 cm³/mol. The van der Waals surface area contributed by atoms with Gasteiger partial charge in [-0.2, -0.15) is 0 Å². The summed E-state index contributed by atoms with van der Waals surface area (Å²) >= 11 is 0. The van der Waals surface area contributed by atoms with Crippen molar-refractivity contribution in [2.24, 2.45) is 0 Å². The first-order valence-corrected chi connectivity index (χ1v) is 5.45. The maximum Gasteiger partial charge on any atom is 0.338 e. The summed E-state index contributed by atoms with van der Waals surface area (Å²) in [7, 11) is 0. The fourth-order valence-corrected chi connectivity index (χ4v) is 1.14. The van der Waals surface area contributed by atoms with Gasteiger partial charge in [-0.15, -0.1) is 0 Å². The molecule has 0 amide bonds. The highest BCUT2D eigenvalue weighted by Crippen LogP contribution is 2.30. The molecule has 3 nitrogen and oxygen atoms in total. The van der Waals surface area contributed by atoms with Gasteiger partial charge in [-0.05, 0) is 39.8 Å². The molecule has 92 valence electrons. The van der Waals surface area contributed by atoms with E-state index in [2.05, 4.69) is 6.58 Å². The van der Waals surface area contributed by atoms with E-state index in [4.69, 9.17) is 9.47 Å². The van der Waals surface area contributed by atoms with Crippen molar-refractivity contribution in [3.63, 3.8) is 0 Å². The van der Waals surface area contributed by atoms with Gasteiger partial charge in [0.1, 0.15) is 5.60 Å². The van der Waals surface area contributed by atoms with Crippen LogP contribution in [0.1, 0.15) is 27.7 Å². The van der Waals surface area contributed by atoms with Gasteiger partial charge >= 0.3 is 5.97 Å². The molecular weight excluding hydrogens is 216 g/mol. The lowest BCUT2D eigenvalue weighted by atomic mass is 10.2. The van der Waals surface area contributed by atoms with Gasteiger partial charge in [0.25, 0.3) is 0 Å². The Labute approximate surface area is 102 Å². The zero-order valence-electron chi connectivity index (χ0n) is 10.7. The number of esters is 1. The molecule has 17 heavy (non-hydrogen) atoms. The molecule has 0 aromatic heterocycles. The molecule has 0 saturated heterocycles. The number of para-hydroxylation sites is 2. The van der Waals surface area contributed by atoms with Crippen molar-refractivity contribution in [3.05, 3.63) is 36.4 Å². The number of rotatable bonds is 3. The minimum absolute atomic E-state index is 0.342. The predicted octanol–water partition coefficient (Wildman–Crippen LogP) is 3.35. The highest BCUT2D eigenvalue weighted by Gasteiger charge is 2.16. The van der Waals surface area contributed by atoms with E-state index in [-0.39, 0.29) is 5.60 Å². The van der Waals surface area contributed by atoms with Crippen molar-refractivity contribution < 1.29 is 14.3 Å². The fourth-order valence-electron chi connectivity index (χ4n) is 1.14. The van der Waals surface area contributed by atoms with E-state index in [0.29, 0.717) is 17.1 Å². The number of benzene rings is 1. The van der Waals surface area contributed by atoms with Crippen LogP contribution in [-0.4, -0.2) is 11.6 Å². The number of hydrogen-bond acceptors (Lipinski definition) is 3. The number of carbonyl (C=O) groups excluding carboxylic acids is 1. The zero-order chi connectivity index (χ0) is 13.1. The molecule has 0 aliphatic rings. The third-order valence-electron chi connectivity index (χ3n) is 1.82. The summed E-state index contributed by atoms with van der Waals surface area (Å²) in [4.78, 5) is 11.5. The summed E-state index contributed by atoms with van der Waals surface area (Å²) in [5.41, 5.74) is 0.0155. The second-order valence-corrected chi connectivity index (χ2v) is 4.83. The summed E-state index contributed by atoms with van der Waals surface area (Å²) in [5.74, 6) is 0.514. The summed E-state index contributed by atoms with van der Waals surface area (Å²) < 4.78 is 10.9. The lowest BCUT2D eigenvalue weighted by Gasteiger charge is -2.22. The van der Waals surface area contributed by atoms with Crippen molar-refractivity contribution in [1.82, 2.24) is 0 Å². The van der Waals surface area contributed by atoms with Crippen LogP contribution in [0.4, 0.5) is 0 Å². The summed E-state index contributed by atoms with van der Waals surface area (Å²) in [5, 5.41) is 0. The Morgan fingerprint density at radius 1 is 1.18 bits per heavy atom. The Bertz CT molecular complexity index is 427. The SMILES string of the molecule is C=C(C)C(=O)Oc1ccccc1OC(C)(C)C. The molecule has 0 fully saturated rings. The van der Waals surface area contributed by atoms with E-state index in [1.807, 2.05) is 26.8 Å². The van der Waals surface area contributed by atoms with Crippen LogP contribution in [0.2, 0.25) is 0 Å². The Morgan fingerprint density at radius 3 is 2.18 bits per heavy atom. The first-order valence-electron chi connectivity index (χ1n) is 5.45. The molecule has 1 aromatic carbocycles. The van der Waals surface area contributed by atoms with Crippen molar-refractivity contribution in [2.45, 2.75) is 33.3 Å². The zero-order valence-corrected chi connectivity index (χ0v) is 10.7. The van der Waals surface area contributed by atoms with Gasteiger partial charge in [-0.3, -0.25) is 0 Å². The third-order valence-corrected chi connectivity index (χ3v) is 1.82. The van der Waals surface area contributed by atoms with Crippen LogP contribution in [0.15, 0.2) is 36.4 Å². The van der Waals surface area contributed by atoms with Gasteiger partial charge < -0.3 is 9.47 Å². The lowest BCUT2D eigenvalue weighted by molar-refractivity contribution is -0.130. The van der Waals surface area contributed by atoms with E-state index in [0.717, 1.165) is 0 Å². The van der Waals surface area contributed by atoms with Crippen LogP contribution in [0.25, 0.3) is 0 Å². The van der Waals surface area contributed by atoms with Crippen molar-refractivity contribution in [2.75, 3.05) is 0 Å². The van der Waals surface area contributed by atoms with Crippen molar-refractivity contribution in [3.8, 4) is 11.5 Å². The average Bonchev–Trinajstić information content (AvgIpc) is 2.18. The van der Waals surface area contributed by atoms with Crippen LogP contribution in [-0.2, 0) is 4.79 Å². The second-order valence-electron chi connectivity index (χ2n) is 4.83. The van der Waals surface area contributed by atoms with Gasteiger partial charge in [0, 0.05) is 5.57 Å². The van der Waals surface area contributed by atoms with Gasteiger partial charge in [0.05, 0.1) is 0 Å². The molecule has 0 bridgehead atoms. The molecule has 0 saturated carbocycles. The quantitative estimate of drug-likeness (QED) is 0.457. The largest absolute Gasteiger partial charge is 0.484 e. The molecular formula is C14H18O3. The first-order chi connectivity index (χ1) is 7.79. The van der Waals surface area contributed by atoms with E-state index >= 15 is 0 Å². The average molecular weight is 234 g/mol. The van der Waals surface area contributed by atoms with E-state index < -0.39 is 5.97 Å². The topological polar surface area (TPSA) is 35.5 Å². The smallest absolute Gasteiger partial charge is 0.338 e. The molecule has 0 radical (unpaired) electrons. The normalized spacial score (nSPS) is 10.8. The summed E-state index contributed by atoms with van der Waals surface area (Å²) in [6, 6.07) is 7.09. The van der Waals surface area contributed by atoms with Crippen molar-refractivity contribution >= 4 is 5.97 Å². The number of hydrogen-bond donors (Lipinski definition) is 0. The lowest BCUT2D eigenvalue weighted by Crippen LogP contribution is -2.23. The van der Waals surface area contributed by atoms with Crippen molar-refractivity contribution in [1.29, 1.82) is 0 Å². The maximum absolute atomic E-state index is 11.5. The van der Waals surface area contributed by atoms with Crippen LogP contribution < -0.4 is 9.47 Å². The van der Waals surface area contributed by atoms with Crippen LogP contribution >= 0.6 is 0 Å². The van der Waals surface area contributed by atoms with Crippen LogP contribution in [0, 0.1) is 0 Å². The van der Waals surface area contributed by atoms with Gasteiger partial charge in [-0.1, -0.05) is 18.7 Å². The monoisotopic (exact) mass is 234 g/mol. The summed E-state index contributed by atoms with van der Waals surface area (Å²) in [6.07, 6.45) is 0. The Morgan fingerprint density at radius 2 is 1.71 bits per heavy atom. The third kappa shape index (κ3) is 4.31. The minimum atomic E-state index is -0.449. The summed E-state index contributed by atoms with van der Waals surface area (Å²) in [6.45, 7) is 11.0. The first kappa shape index (κ1) is 13.3. The van der Waals surface area contributed by atoms with E-state index in [9.17, 15) is 4.79 Å². The molecule has 0 atom stereocenters. The minimum Gasteiger partial charge on any atom is -0.484 e. The molecule has 1 rings (SSSR count). The van der Waals surface area contributed by atoms with Gasteiger partial charge in [-0.25, -0.2) is 4.79 Å². The highest BCUT2D eigenvalue weighted by atomic mass is 16.6. The van der Waals surface area contributed by atoms with E-state index in [1.54, 1.807) is 25.1 Å². The van der Waals surface area contributed by atoms with Gasteiger partial charge in [0.2, 0.25) is 0 Å². The van der Waals surface area contributed by atoms with Crippen LogP contribution in [0.5, 0.6) is 11.5 Å². The molecule has 1 aromatic rings. The Hall–Kier alpha value is -1.77. The molecule has 0 unspecified atom stereocenters. The molecule has 0 aliphatic heterocycles. The molecule has 0 spiro atoms. The maximum atomic E-state index is 11.5. The highest BCUT2D eigenvalue weighted by molar-refractivity contribution is 5.89.